The summed E-state index contributed by atoms with van der Waals surface area (Å²) < 4.78 is 16.9. The summed E-state index contributed by atoms with van der Waals surface area (Å²) in [6.07, 6.45) is 1.10. The van der Waals surface area contributed by atoms with Crippen molar-refractivity contribution in [3.8, 4) is 11.5 Å². The summed E-state index contributed by atoms with van der Waals surface area (Å²) >= 11 is 0. The monoisotopic (exact) mass is 411 g/mol. The molecule has 0 spiro atoms. The molecule has 1 aliphatic heterocycles. The zero-order valence-electron chi connectivity index (χ0n) is 17.8. The number of fused-ring (bicyclic) bond motifs is 3. The lowest BCUT2D eigenvalue weighted by Crippen LogP contribution is -2.48. The first-order chi connectivity index (χ1) is 14.4. The van der Waals surface area contributed by atoms with Gasteiger partial charge >= 0.3 is 6.09 Å². The number of carbonyl (C=O) groups excluding carboxylic acids is 1. The van der Waals surface area contributed by atoms with E-state index in [2.05, 4.69) is 0 Å². The lowest BCUT2D eigenvalue weighted by atomic mass is 9.78. The molecule has 0 fully saturated rings. The van der Waals surface area contributed by atoms with Crippen molar-refractivity contribution in [3.05, 3.63) is 59.2 Å². The number of amides is 1. The van der Waals surface area contributed by atoms with E-state index in [1.165, 1.54) is 0 Å². The van der Waals surface area contributed by atoms with Gasteiger partial charge in [0.15, 0.2) is 11.5 Å². The van der Waals surface area contributed by atoms with Gasteiger partial charge < -0.3 is 24.2 Å². The summed E-state index contributed by atoms with van der Waals surface area (Å²) in [7, 11) is 0. The SMILES string of the molecule is CC(C)(C)OC(=O)N(Cc1ccccc1)[C@@H]1CCc2c(ccc3c2OCO3)C1CO. The standard InChI is InChI=1S/C24H29NO5/c1-24(2,3)30-23(27)25(13-16-7-5-4-6-8-16)20-11-9-18-17(19(20)14-26)10-12-21-22(18)29-15-28-21/h4-8,10,12,19-20,26H,9,11,13-15H2,1-3H3/t19?,20-/m1/s1. The average molecular weight is 411 g/mol. The highest BCUT2D eigenvalue weighted by molar-refractivity contribution is 5.69. The van der Waals surface area contributed by atoms with Gasteiger partial charge in [-0.3, -0.25) is 0 Å². The van der Waals surface area contributed by atoms with Crippen LogP contribution in [0.3, 0.4) is 0 Å². The first-order valence-electron chi connectivity index (χ1n) is 10.4. The fraction of sp³-hybridized carbons (Fsp3) is 0.458. The molecule has 1 amide bonds. The van der Waals surface area contributed by atoms with Crippen LogP contribution in [-0.4, -0.2) is 41.1 Å². The van der Waals surface area contributed by atoms with E-state index in [0.717, 1.165) is 34.6 Å². The van der Waals surface area contributed by atoms with Crippen molar-refractivity contribution in [2.24, 2.45) is 0 Å². The van der Waals surface area contributed by atoms with Crippen LogP contribution >= 0.6 is 0 Å². The second kappa shape index (κ2) is 8.19. The molecule has 2 atom stereocenters. The Morgan fingerprint density at radius 3 is 2.63 bits per heavy atom. The minimum atomic E-state index is -0.598. The van der Waals surface area contributed by atoms with Crippen LogP contribution in [-0.2, 0) is 17.7 Å². The van der Waals surface area contributed by atoms with Crippen molar-refractivity contribution in [1.82, 2.24) is 4.90 Å². The van der Waals surface area contributed by atoms with Crippen LogP contribution in [0.1, 0.15) is 49.8 Å². The van der Waals surface area contributed by atoms with Crippen molar-refractivity contribution in [2.75, 3.05) is 13.4 Å². The fourth-order valence-corrected chi connectivity index (χ4v) is 4.36. The molecule has 0 saturated heterocycles. The lowest BCUT2D eigenvalue weighted by molar-refractivity contribution is 0.00625. The number of carbonyl (C=O) groups is 1. The Kier molecular flexibility index (Phi) is 5.60. The van der Waals surface area contributed by atoms with Crippen molar-refractivity contribution >= 4 is 6.09 Å². The number of hydrogen-bond donors (Lipinski definition) is 1. The van der Waals surface area contributed by atoms with Gasteiger partial charge in [-0.15, -0.1) is 0 Å². The second-order valence-corrected chi connectivity index (χ2v) is 8.86. The third-order valence-electron chi connectivity index (χ3n) is 5.65. The largest absolute Gasteiger partial charge is 0.454 e. The van der Waals surface area contributed by atoms with E-state index >= 15 is 0 Å². The number of aliphatic hydroxyl groups excluding tert-OH is 1. The van der Waals surface area contributed by atoms with Crippen LogP contribution < -0.4 is 9.47 Å². The molecule has 0 radical (unpaired) electrons. The molecule has 0 saturated carbocycles. The molecule has 1 N–H and O–H groups in total. The Morgan fingerprint density at radius 1 is 1.17 bits per heavy atom. The quantitative estimate of drug-likeness (QED) is 0.815. The van der Waals surface area contributed by atoms with E-state index in [0.29, 0.717) is 13.0 Å². The van der Waals surface area contributed by atoms with Gasteiger partial charge in [-0.1, -0.05) is 36.4 Å². The molecule has 1 unspecified atom stereocenters. The van der Waals surface area contributed by atoms with Gasteiger partial charge in [0, 0.05) is 24.1 Å². The molecule has 0 bridgehead atoms. The molecule has 2 aromatic carbocycles. The Bertz CT molecular complexity index is 906. The van der Waals surface area contributed by atoms with Crippen LogP contribution in [0.2, 0.25) is 0 Å². The molecule has 6 heteroatoms. The highest BCUT2D eigenvalue weighted by Crippen LogP contribution is 2.45. The maximum absolute atomic E-state index is 13.2. The summed E-state index contributed by atoms with van der Waals surface area (Å²) in [5, 5.41) is 10.3. The van der Waals surface area contributed by atoms with Crippen LogP contribution in [0.4, 0.5) is 4.79 Å². The molecule has 1 heterocycles. The van der Waals surface area contributed by atoms with E-state index in [1.54, 1.807) is 4.90 Å². The predicted molar refractivity (Wildman–Crippen MR) is 113 cm³/mol. The van der Waals surface area contributed by atoms with Gasteiger partial charge in [-0.05, 0) is 50.8 Å². The molecule has 2 aliphatic rings. The smallest absolute Gasteiger partial charge is 0.410 e. The van der Waals surface area contributed by atoms with Crippen molar-refractivity contribution in [3.63, 3.8) is 0 Å². The molecule has 0 aromatic heterocycles. The zero-order chi connectivity index (χ0) is 21.3. The summed E-state index contributed by atoms with van der Waals surface area (Å²) in [6.45, 7) is 6.18. The summed E-state index contributed by atoms with van der Waals surface area (Å²) in [5.74, 6) is 1.30. The number of benzene rings is 2. The Morgan fingerprint density at radius 2 is 1.93 bits per heavy atom. The lowest BCUT2D eigenvalue weighted by Gasteiger charge is -2.41. The Labute approximate surface area is 177 Å². The molecule has 1 aliphatic carbocycles. The van der Waals surface area contributed by atoms with Gasteiger partial charge in [0.1, 0.15) is 5.60 Å². The molecular formula is C24H29NO5. The van der Waals surface area contributed by atoms with Crippen LogP contribution in [0, 0.1) is 0 Å². The molecular weight excluding hydrogens is 382 g/mol. The van der Waals surface area contributed by atoms with Crippen LogP contribution in [0.5, 0.6) is 11.5 Å². The van der Waals surface area contributed by atoms with Crippen molar-refractivity contribution < 1.29 is 24.1 Å². The van der Waals surface area contributed by atoms with Gasteiger partial charge in [0.05, 0.1) is 6.61 Å². The number of rotatable bonds is 4. The molecule has 6 nitrogen and oxygen atoms in total. The maximum Gasteiger partial charge on any atom is 0.410 e. The van der Waals surface area contributed by atoms with E-state index in [9.17, 15) is 9.90 Å². The normalized spacial score (nSPS) is 19.9. The number of ether oxygens (including phenoxy) is 3. The van der Waals surface area contributed by atoms with Gasteiger partial charge in [-0.2, -0.15) is 0 Å². The van der Waals surface area contributed by atoms with Gasteiger partial charge in [0.2, 0.25) is 6.79 Å². The minimum Gasteiger partial charge on any atom is -0.454 e. The molecule has 30 heavy (non-hydrogen) atoms. The topological polar surface area (TPSA) is 68.2 Å². The highest BCUT2D eigenvalue weighted by atomic mass is 16.7. The highest BCUT2D eigenvalue weighted by Gasteiger charge is 2.39. The van der Waals surface area contributed by atoms with E-state index in [-0.39, 0.29) is 31.5 Å². The molecule has 160 valence electrons. The van der Waals surface area contributed by atoms with Gasteiger partial charge in [-0.25, -0.2) is 4.79 Å². The van der Waals surface area contributed by atoms with E-state index < -0.39 is 5.60 Å². The third kappa shape index (κ3) is 4.10. The number of nitrogens with zero attached hydrogens (tertiary/aromatic N) is 1. The first kappa shape index (κ1) is 20.5. The van der Waals surface area contributed by atoms with Crippen molar-refractivity contribution in [2.45, 2.75) is 57.7 Å². The fourth-order valence-electron chi connectivity index (χ4n) is 4.36. The average Bonchev–Trinajstić information content (AvgIpc) is 3.20. The Hall–Kier alpha value is -2.73. The first-order valence-corrected chi connectivity index (χ1v) is 10.4. The molecule has 2 aromatic rings. The Balaban J connectivity index is 1.68. The minimum absolute atomic E-state index is 0.0641. The maximum atomic E-state index is 13.2. The number of hydrogen-bond acceptors (Lipinski definition) is 5. The summed E-state index contributed by atoms with van der Waals surface area (Å²) in [6, 6.07) is 13.6. The van der Waals surface area contributed by atoms with Gasteiger partial charge in [0.25, 0.3) is 0 Å². The van der Waals surface area contributed by atoms with E-state index in [4.69, 9.17) is 14.2 Å². The summed E-state index contributed by atoms with van der Waals surface area (Å²) in [5.41, 5.74) is 2.51. The van der Waals surface area contributed by atoms with Crippen LogP contribution in [0.25, 0.3) is 0 Å². The predicted octanol–water partition coefficient (Wildman–Crippen LogP) is 4.24. The second-order valence-electron chi connectivity index (χ2n) is 8.86. The van der Waals surface area contributed by atoms with Crippen molar-refractivity contribution in [1.29, 1.82) is 0 Å². The van der Waals surface area contributed by atoms with E-state index in [1.807, 2.05) is 63.2 Å². The summed E-state index contributed by atoms with van der Waals surface area (Å²) in [4.78, 5) is 15.0. The molecule has 4 rings (SSSR count). The van der Waals surface area contributed by atoms with Crippen LogP contribution in [0.15, 0.2) is 42.5 Å². The third-order valence-corrected chi connectivity index (χ3v) is 5.65. The zero-order valence-corrected chi connectivity index (χ0v) is 17.8. The number of aliphatic hydroxyl groups is 1.